The lowest BCUT2D eigenvalue weighted by molar-refractivity contribution is -0.129. The molecule has 1 aromatic carbocycles. The van der Waals surface area contributed by atoms with Crippen LogP contribution in [0.5, 0.6) is 0 Å². The van der Waals surface area contributed by atoms with Gasteiger partial charge in [0, 0.05) is 0 Å². The monoisotopic (exact) mass is 152 g/mol. The molecule has 0 spiro atoms. The zero-order valence-corrected chi connectivity index (χ0v) is 5.49. The van der Waals surface area contributed by atoms with Crippen LogP contribution in [-0.2, 0) is 16.1 Å². The smallest absolute Gasteiger partial charge is 0.293 e. The molecule has 0 aliphatic heterocycles. The van der Waals surface area contributed by atoms with Crippen LogP contribution in [0.25, 0.3) is 0 Å². The lowest BCUT2D eigenvalue weighted by Crippen LogP contribution is -1.88. The first-order valence-corrected chi connectivity index (χ1v) is 3.02. The van der Waals surface area contributed by atoms with Crippen molar-refractivity contribution in [1.82, 2.24) is 0 Å². The second-order valence-corrected chi connectivity index (χ2v) is 1.89. The van der Waals surface area contributed by atoms with Crippen LogP contribution in [0.3, 0.4) is 0 Å². The lowest BCUT2D eigenvalue weighted by atomic mass is 10.2. The van der Waals surface area contributed by atoms with Gasteiger partial charge in [-0.2, -0.15) is 0 Å². The van der Waals surface area contributed by atoms with Gasteiger partial charge in [0.2, 0.25) is 0 Å². The van der Waals surface area contributed by atoms with Crippen LogP contribution in [0.15, 0.2) is 30.3 Å². The minimum Gasteiger partial charge on any atom is -0.463 e. The standard InChI is InChI=1S/C8H8O2.CH4/c9-7-10-6-8-4-2-1-3-5-8;/h1-5,7H,6H2;1H4. The SMILES string of the molecule is C.O=COCc1ccccc1. The Morgan fingerprint density at radius 1 is 1.27 bits per heavy atom. The molecule has 0 aliphatic rings. The molecule has 0 unspecified atom stereocenters. The van der Waals surface area contributed by atoms with Gasteiger partial charge < -0.3 is 4.74 Å². The Hall–Kier alpha value is -1.31. The highest BCUT2D eigenvalue weighted by atomic mass is 16.5. The van der Waals surface area contributed by atoms with E-state index in [1.54, 1.807) is 0 Å². The molecule has 0 atom stereocenters. The highest BCUT2D eigenvalue weighted by molar-refractivity contribution is 5.37. The maximum atomic E-state index is 9.76. The Balaban J connectivity index is 0.000001000. The summed E-state index contributed by atoms with van der Waals surface area (Å²) in [7, 11) is 0. The van der Waals surface area contributed by atoms with E-state index in [0.29, 0.717) is 13.1 Å². The van der Waals surface area contributed by atoms with Crippen molar-refractivity contribution in [3.05, 3.63) is 35.9 Å². The molecule has 1 rings (SSSR count). The van der Waals surface area contributed by atoms with Crippen molar-refractivity contribution in [3.8, 4) is 0 Å². The van der Waals surface area contributed by atoms with Crippen LogP contribution in [0, 0.1) is 0 Å². The highest BCUT2D eigenvalue weighted by Crippen LogP contribution is 1.98. The van der Waals surface area contributed by atoms with Crippen LogP contribution in [-0.4, -0.2) is 6.47 Å². The summed E-state index contributed by atoms with van der Waals surface area (Å²) in [4.78, 5) is 9.76. The number of hydrogen-bond donors (Lipinski definition) is 0. The van der Waals surface area contributed by atoms with Gasteiger partial charge in [0.1, 0.15) is 6.61 Å². The summed E-state index contributed by atoms with van der Waals surface area (Å²) in [6.45, 7) is 0.817. The molecule has 0 saturated heterocycles. The fourth-order valence-electron chi connectivity index (χ4n) is 0.704. The molecule has 0 aromatic heterocycles. The molecule has 0 aliphatic carbocycles. The normalized spacial score (nSPS) is 8.00. The topological polar surface area (TPSA) is 26.3 Å². The average molecular weight is 152 g/mol. The van der Waals surface area contributed by atoms with Crippen molar-refractivity contribution in [3.63, 3.8) is 0 Å². The molecule has 0 bridgehead atoms. The van der Waals surface area contributed by atoms with E-state index in [1.807, 2.05) is 30.3 Å². The summed E-state index contributed by atoms with van der Waals surface area (Å²) >= 11 is 0. The van der Waals surface area contributed by atoms with E-state index >= 15 is 0 Å². The maximum absolute atomic E-state index is 9.76. The van der Waals surface area contributed by atoms with Crippen LogP contribution in [0.2, 0.25) is 0 Å². The molecular formula is C9H12O2. The number of carbonyl (C=O) groups excluding carboxylic acids is 1. The fraction of sp³-hybridized carbons (Fsp3) is 0.222. The molecule has 60 valence electrons. The lowest BCUT2D eigenvalue weighted by Gasteiger charge is -1.95. The van der Waals surface area contributed by atoms with Crippen LogP contribution >= 0.6 is 0 Å². The first kappa shape index (κ1) is 9.69. The van der Waals surface area contributed by atoms with Crippen LogP contribution < -0.4 is 0 Å². The van der Waals surface area contributed by atoms with Gasteiger partial charge in [-0.15, -0.1) is 0 Å². The third-order valence-electron chi connectivity index (χ3n) is 1.16. The number of carbonyl (C=O) groups is 1. The summed E-state index contributed by atoms with van der Waals surface area (Å²) in [5.74, 6) is 0. The quantitative estimate of drug-likeness (QED) is 0.619. The third-order valence-corrected chi connectivity index (χ3v) is 1.16. The first-order chi connectivity index (χ1) is 4.93. The fourth-order valence-corrected chi connectivity index (χ4v) is 0.704. The first-order valence-electron chi connectivity index (χ1n) is 3.02. The van der Waals surface area contributed by atoms with E-state index in [0.717, 1.165) is 5.56 Å². The van der Waals surface area contributed by atoms with Crippen molar-refractivity contribution < 1.29 is 9.53 Å². The molecule has 2 heteroatoms. The third kappa shape index (κ3) is 3.40. The number of benzene rings is 1. The van der Waals surface area contributed by atoms with E-state index in [4.69, 9.17) is 0 Å². The molecule has 0 N–H and O–H groups in total. The van der Waals surface area contributed by atoms with Crippen LogP contribution in [0.1, 0.15) is 13.0 Å². The summed E-state index contributed by atoms with van der Waals surface area (Å²) in [6, 6.07) is 9.55. The van der Waals surface area contributed by atoms with Crippen molar-refractivity contribution in [2.45, 2.75) is 14.0 Å². The van der Waals surface area contributed by atoms with Gasteiger partial charge in [-0.25, -0.2) is 0 Å². The summed E-state index contributed by atoms with van der Waals surface area (Å²) in [5, 5.41) is 0. The summed E-state index contributed by atoms with van der Waals surface area (Å²) in [6.07, 6.45) is 0. The van der Waals surface area contributed by atoms with Gasteiger partial charge in [0.15, 0.2) is 0 Å². The molecule has 11 heavy (non-hydrogen) atoms. The largest absolute Gasteiger partial charge is 0.463 e. The Bertz CT molecular complexity index is 194. The van der Waals surface area contributed by atoms with Gasteiger partial charge in [0.25, 0.3) is 6.47 Å². The zero-order chi connectivity index (χ0) is 7.23. The molecule has 0 heterocycles. The van der Waals surface area contributed by atoms with Crippen molar-refractivity contribution in [1.29, 1.82) is 0 Å². The van der Waals surface area contributed by atoms with Gasteiger partial charge >= 0.3 is 0 Å². The molecule has 0 saturated carbocycles. The average Bonchev–Trinajstić information content (AvgIpc) is 2.03. The summed E-state index contributed by atoms with van der Waals surface area (Å²) < 4.78 is 4.54. The molecule has 1 aromatic rings. The van der Waals surface area contributed by atoms with E-state index in [2.05, 4.69) is 4.74 Å². The number of hydrogen-bond acceptors (Lipinski definition) is 2. The Morgan fingerprint density at radius 3 is 2.45 bits per heavy atom. The van der Waals surface area contributed by atoms with Crippen molar-refractivity contribution >= 4 is 6.47 Å². The van der Waals surface area contributed by atoms with E-state index < -0.39 is 0 Å². The molecule has 2 nitrogen and oxygen atoms in total. The van der Waals surface area contributed by atoms with Crippen LogP contribution in [0.4, 0.5) is 0 Å². The predicted octanol–water partition coefficient (Wildman–Crippen LogP) is 2.00. The van der Waals surface area contributed by atoms with Gasteiger partial charge in [-0.1, -0.05) is 37.8 Å². The molecule has 0 amide bonds. The highest BCUT2D eigenvalue weighted by Gasteiger charge is 1.87. The minimum atomic E-state index is 0. The Morgan fingerprint density at radius 2 is 1.91 bits per heavy atom. The zero-order valence-electron chi connectivity index (χ0n) is 5.49. The minimum absolute atomic E-state index is 0. The Labute approximate surface area is 66.8 Å². The number of rotatable bonds is 3. The Kier molecular flexibility index (Phi) is 4.82. The molecule has 0 radical (unpaired) electrons. The van der Waals surface area contributed by atoms with Crippen molar-refractivity contribution in [2.24, 2.45) is 0 Å². The van der Waals surface area contributed by atoms with Crippen molar-refractivity contribution in [2.75, 3.05) is 0 Å². The predicted molar refractivity (Wildman–Crippen MR) is 44.0 cm³/mol. The molecule has 0 fully saturated rings. The second kappa shape index (κ2) is 5.47. The number of ether oxygens (including phenoxy) is 1. The van der Waals surface area contributed by atoms with E-state index in [9.17, 15) is 4.79 Å². The van der Waals surface area contributed by atoms with Gasteiger partial charge in [-0.05, 0) is 5.56 Å². The van der Waals surface area contributed by atoms with E-state index in [1.165, 1.54) is 0 Å². The van der Waals surface area contributed by atoms with E-state index in [-0.39, 0.29) is 7.43 Å². The second-order valence-electron chi connectivity index (χ2n) is 1.89. The summed E-state index contributed by atoms with van der Waals surface area (Å²) in [5.41, 5.74) is 1.01. The maximum Gasteiger partial charge on any atom is 0.293 e. The van der Waals surface area contributed by atoms with Gasteiger partial charge in [0.05, 0.1) is 0 Å². The molecular weight excluding hydrogens is 140 g/mol. The van der Waals surface area contributed by atoms with Gasteiger partial charge in [-0.3, -0.25) is 4.79 Å².